The molecule has 0 aromatic carbocycles. The molecule has 0 spiro atoms. The second-order valence-electron chi connectivity index (χ2n) is 1.18. The van der Waals surface area contributed by atoms with Crippen LogP contribution in [0.15, 0.2) is 18.5 Å². The van der Waals surface area contributed by atoms with Gasteiger partial charge in [0, 0.05) is 19.4 Å². The summed E-state index contributed by atoms with van der Waals surface area (Å²) in [5.74, 6) is 0. The maximum absolute atomic E-state index is 3.83. The Labute approximate surface area is 73.3 Å². The summed E-state index contributed by atoms with van der Waals surface area (Å²) in [4.78, 5) is 0. The van der Waals surface area contributed by atoms with Crippen molar-refractivity contribution in [3.05, 3.63) is 18.5 Å². The van der Waals surface area contributed by atoms with E-state index in [0.29, 0.717) is 0 Å². The molecule has 0 radical (unpaired) electrons. The van der Waals surface area contributed by atoms with E-state index in [1.807, 2.05) is 19.3 Å². The molecule has 72 valence electrons. The molecule has 0 aliphatic carbocycles. The van der Waals surface area contributed by atoms with Gasteiger partial charge in [0.2, 0.25) is 0 Å². The lowest BCUT2D eigenvalue weighted by Gasteiger charge is -1.77. The predicted octanol–water partition coefficient (Wildman–Crippen LogP) is 3.60. The molecule has 2 heteroatoms. The van der Waals surface area contributed by atoms with Gasteiger partial charge in [-0.15, -0.1) is 0 Å². The number of hydrogen-bond donors (Lipinski definition) is 0. The molecule has 1 heterocycles. The van der Waals surface area contributed by atoms with Gasteiger partial charge < -0.3 is 0 Å². The van der Waals surface area contributed by atoms with Crippen molar-refractivity contribution in [2.24, 2.45) is 7.05 Å². The molecule has 0 fully saturated rings. The van der Waals surface area contributed by atoms with E-state index in [4.69, 9.17) is 0 Å². The third-order valence-electron chi connectivity index (χ3n) is 0.637. The smallest absolute Gasteiger partial charge is 0.0489 e. The van der Waals surface area contributed by atoms with Crippen LogP contribution in [0.1, 0.15) is 37.1 Å². The molecular formula is C9H26N2. The van der Waals surface area contributed by atoms with Gasteiger partial charge in [-0.25, -0.2) is 0 Å². The van der Waals surface area contributed by atoms with Gasteiger partial charge in [0.15, 0.2) is 0 Å². The highest BCUT2D eigenvalue weighted by molar-refractivity contribution is 4.75. The maximum atomic E-state index is 3.83. The minimum atomic E-state index is 0. The van der Waals surface area contributed by atoms with Crippen molar-refractivity contribution in [3.63, 3.8) is 0 Å². The van der Waals surface area contributed by atoms with Gasteiger partial charge >= 0.3 is 0 Å². The zero-order valence-corrected chi connectivity index (χ0v) is 3.63. The highest BCUT2D eigenvalue weighted by Crippen LogP contribution is 1.73. The highest BCUT2D eigenvalue weighted by Gasteiger charge is 1.69. The molecule has 0 saturated carbocycles. The van der Waals surface area contributed by atoms with Gasteiger partial charge in [-0.05, 0) is 6.07 Å². The van der Waals surface area contributed by atoms with E-state index >= 15 is 0 Å². The Morgan fingerprint density at radius 2 is 1.45 bits per heavy atom. The minimum absolute atomic E-state index is 0. The van der Waals surface area contributed by atoms with Crippen molar-refractivity contribution in [2.45, 2.75) is 37.1 Å². The third kappa shape index (κ3) is 12.4. The second kappa shape index (κ2) is 16.1. The predicted molar refractivity (Wildman–Crippen MR) is 56.9 cm³/mol. The van der Waals surface area contributed by atoms with Gasteiger partial charge in [0.05, 0.1) is 0 Å². The van der Waals surface area contributed by atoms with Gasteiger partial charge in [-0.2, -0.15) is 5.10 Å². The summed E-state index contributed by atoms with van der Waals surface area (Å²) in [7, 11) is 1.89. The molecule has 0 saturated heterocycles. The molecule has 0 atom stereocenters. The van der Waals surface area contributed by atoms with Gasteiger partial charge in [0.1, 0.15) is 0 Å². The van der Waals surface area contributed by atoms with Gasteiger partial charge in [-0.3, -0.25) is 4.68 Å². The van der Waals surface area contributed by atoms with Crippen LogP contribution < -0.4 is 0 Å². The number of hydrogen-bond acceptors (Lipinski definition) is 1. The highest BCUT2D eigenvalue weighted by atomic mass is 15.2. The second-order valence-corrected chi connectivity index (χ2v) is 1.18. The first-order chi connectivity index (χ1) is 2.89. The molecule has 0 unspecified atom stereocenters. The fraction of sp³-hybridized carbons (Fsp3) is 0.667. The van der Waals surface area contributed by atoms with E-state index in [0.717, 1.165) is 0 Å². The quantitative estimate of drug-likeness (QED) is 0.570. The molecule has 1 rings (SSSR count). The monoisotopic (exact) mass is 162 g/mol. The summed E-state index contributed by atoms with van der Waals surface area (Å²) >= 11 is 0. The Kier molecular flexibility index (Phi) is 46.7. The van der Waals surface area contributed by atoms with E-state index in [1.54, 1.807) is 10.9 Å². The van der Waals surface area contributed by atoms with E-state index in [2.05, 4.69) is 5.10 Å². The minimum Gasteiger partial charge on any atom is -0.276 e. The standard InChI is InChI=1S/C4H6N2.5CH4/c1-6-4-2-3-5-6;;;;;/h2-4H,1H3;5*1H4. The van der Waals surface area contributed by atoms with E-state index in [9.17, 15) is 0 Å². The zero-order valence-electron chi connectivity index (χ0n) is 3.63. The van der Waals surface area contributed by atoms with Crippen LogP contribution in [0.3, 0.4) is 0 Å². The summed E-state index contributed by atoms with van der Waals surface area (Å²) in [5, 5.41) is 3.83. The summed E-state index contributed by atoms with van der Waals surface area (Å²) in [6.45, 7) is 0. The van der Waals surface area contributed by atoms with E-state index in [1.165, 1.54) is 0 Å². The van der Waals surface area contributed by atoms with Crippen molar-refractivity contribution in [3.8, 4) is 0 Å². The Morgan fingerprint density at radius 1 is 1.00 bits per heavy atom. The third-order valence-corrected chi connectivity index (χ3v) is 0.637. The average molecular weight is 162 g/mol. The average Bonchev–Trinajstić information content (AvgIpc) is 1.86. The van der Waals surface area contributed by atoms with E-state index in [-0.39, 0.29) is 37.1 Å². The molecule has 11 heavy (non-hydrogen) atoms. The van der Waals surface area contributed by atoms with Crippen LogP contribution in [0.2, 0.25) is 0 Å². The topological polar surface area (TPSA) is 17.8 Å². The van der Waals surface area contributed by atoms with Crippen LogP contribution in [-0.2, 0) is 7.05 Å². The summed E-state index contributed by atoms with van der Waals surface area (Å²) in [5.41, 5.74) is 0. The molecule has 0 aliphatic heterocycles. The largest absolute Gasteiger partial charge is 0.276 e. The van der Waals surface area contributed by atoms with Crippen LogP contribution in [0.5, 0.6) is 0 Å². The first-order valence-corrected chi connectivity index (χ1v) is 1.83. The Morgan fingerprint density at radius 3 is 1.55 bits per heavy atom. The van der Waals surface area contributed by atoms with Crippen LogP contribution in [0.4, 0.5) is 0 Å². The lowest BCUT2D eigenvalue weighted by molar-refractivity contribution is 0.768. The molecule has 0 bridgehead atoms. The molecule has 2 nitrogen and oxygen atoms in total. The van der Waals surface area contributed by atoms with E-state index < -0.39 is 0 Å². The maximum Gasteiger partial charge on any atom is 0.0489 e. The molecule has 1 aromatic heterocycles. The Hall–Kier alpha value is -0.790. The molecule has 1 aromatic rings. The first kappa shape index (κ1) is 31.9. The van der Waals surface area contributed by atoms with Crippen molar-refractivity contribution in [2.75, 3.05) is 0 Å². The van der Waals surface area contributed by atoms with Crippen molar-refractivity contribution in [1.29, 1.82) is 0 Å². The number of aryl methyl sites for hydroxylation is 1. The summed E-state index contributed by atoms with van der Waals surface area (Å²) in [6.07, 6.45) is 3.64. The zero-order chi connectivity index (χ0) is 4.41. The fourth-order valence-corrected chi connectivity index (χ4v) is 0.345. The number of nitrogens with zero attached hydrogens (tertiary/aromatic N) is 2. The van der Waals surface area contributed by atoms with Crippen LogP contribution in [0, 0.1) is 0 Å². The van der Waals surface area contributed by atoms with Crippen LogP contribution in [-0.4, -0.2) is 9.78 Å². The lowest BCUT2D eigenvalue weighted by Crippen LogP contribution is -1.83. The van der Waals surface area contributed by atoms with Crippen LogP contribution in [0.25, 0.3) is 0 Å². The summed E-state index contributed by atoms with van der Waals surface area (Å²) < 4.78 is 1.75. The van der Waals surface area contributed by atoms with Gasteiger partial charge in [0.25, 0.3) is 0 Å². The lowest BCUT2D eigenvalue weighted by atomic mass is 10.8. The Bertz CT molecular complexity index is 111. The van der Waals surface area contributed by atoms with Gasteiger partial charge in [-0.1, -0.05) is 37.1 Å². The molecule has 0 N–H and O–H groups in total. The number of aromatic nitrogens is 2. The molecular weight excluding hydrogens is 136 g/mol. The first-order valence-electron chi connectivity index (χ1n) is 1.83. The van der Waals surface area contributed by atoms with Crippen molar-refractivity contribution < 1.29 is 0 Å². The fourth-order valence-electron chi connectivity index (χ4n) is 0.345. The van der Waals surface area contributed by atoms with Crippen LogP contribution >= 0.6 is 0 Å². The van der Waals surface area contributed by atoms with Crippen molar-refractivity contribution in [1.82, 2.24) is 9.78 Å². The molecule has 0 amide bonds. The normalized spacial score (nSPS) is 4.82. The van der Waals surface area contributed by atoms with Crippen molar-refractivity contribution >= 4 is 0 Å². The SMILES string of the molecule is C.C.C.C.C.Cn1cccn1. The summed E-state index contributed by atoms with van der Waals surface area (Å²) in [6, 6.07) is 1.89. The molecule has 0 aliphatic rings. The number of rotatable bonds is 0. The Balaban J connectivity index is -0.0000000240.